The lowest BCUT2D eigenvalue weighted by Gasteiger charge is -2.38. The minimum absolute atomic E-state index is 0.198. The van der Waals surface area contributed by atoms with Crippen molar-refractivity contribution in [1.82, 2.24) is 29.8 Å². The van der Waals surface area contributed by atoms with Crippen molar-refractivity contribution in [3.8, 4) is 11.3 Å². The van der Waals surface area contributed by atoms with Crippen LogP contribution in [-0.4, -0.2) is 69.0 Å². The third kappa shape index (κ3) is 6.56. The lowest BCUT2D eigenvalue weighted by Crippen LogP contribution is -2.43. The third-order valence-electron chi connectivity index (χ3n) is 10.7. The first-order chi connectivity index (χ1) is 24.8. The first kappa shape index (κ1) is 32.9. The Morgan fingerprint density at radius 1 is 0.882 bits per heavy atom. The summed E-state index contributed by atoms with van der Waals surface area (Å²) in [6.45, 7) is 3.16. The number of amides is 2. The zero-order valence-electron chi connectivity index (χ0n) is 28.5. The zero-order valence-corrected chi connectivity index (χ0v) is 28.5. The number of hydrogen-bond acceptors (Lipinski definition) is 8. The van der Waals surface area contributed by atoms with E-state index in [0.717, 1.165) is 91.9 Å². The number of carbonyl (C=O) groups is 2. The van der Waals surface area contributed by atoms with Crippen LogP contribution in [0.3, 0.4) is 0 Å². The lowest BCUT2D eigenvalue weighted by molar-refractivity contribution is -0.134. The SMILES string of the molecule is CN(Cc1ccccc1C1CCC(=O)NC1=O)C1CCN(c2cccc(-c3cnn4ccc(N5CCC[C@@H]5c5ccc(F)cc5F)nc34)n2)CC1. The van der Waals surface area contributed by atoms with Gasteiger partial charge in [0, 0.05) is 56.5 Å². The quantitative estimate of drug-likeness (QED) is 0.197. The summed E-state index contributed by atoms with van der Waals surface area (Å²) in [6, 6.07) is 20.0. The lowest BCUT2D eigenvalue weighted by atomic mass is 9.87. The van der Waals surface area contributed by atoms with Gasteiger partial charge in [-0.15, -0.1) is 0 Å². The number of nitrogens with one attached hydrogen (secondary N) is 1. The monoisotopic (exact) mass is 690 g/mol. The van der Waals surface area contributed by atoms with Crippen LogP contribution in [-0.2, 0) is 16.1 Å². The molecule has 2 atom stereocenters. The maximum atomic E-state index is 14.8. The van der Waals surface area contributed by atoms with Gasteiger partial charge in [-0.05, 0) is 74.5 Å². The van der Waals surface area contributed by atoms with E-state index in [-0.39, 0.29) is 23.8 Å². The number of benzene rings is 2. The highest BCUT2D eigenvalue weighted by Gasteiger charge is 2.32. The molecule has 3 saturated heterocycles. The van der Waals surface area contributed by atoms with Gasteiger partial charge in [0.25, 0.3) is 0 Å². The fraction of sp³-hybridized carbons (Fsp3) is 0.359. The first-order valence-electron chi connectivity index (χ1n) is 17.7. The summed E-state index contributed by atoms with van der Waals surface area (Å²) >= 11 is 0. The standard InChI is InChI=1S/C39H40F2N8O2/c1-46(24-25-6-2-3-7-28(25)29-13-14-37(50)45-39(29)51)27-15-19-47(20-16-27)35-10-4-8-33(43-35)31-23-42-49-21-17-36(44-38(31)49)48-18-5-9-34(48)30-12-11-26(40)22-32(30)41/h2-4,6-8,10-12,17,21-23,27,29,34H,5,9,13-16,18-20,24H2,1H3,(H,45,50,51)/t29?,34-/m1/s1. The predicted molar refractivity (Wildman–Crippen MR) is 190 cm³/mol. The Hall–Kier alpha value is -5.23. The van der Waals surface area contributed by atoms with Gasteiger partial charge in [0.15, 0.2) is 5.65 Å². The molecule has 3 fully saturated rings. The zero-order chi connectivity index (χ0) is 35.1. The van der Waals surface area contributed by atoms with E-state index in [1.807, 2.05) is 48.7 Å². The molecule has 2 amide bonds. The molecule has 262 valence electrons. The highest BCUT2D eigenvalue weighted by Crippen LogP contribution is 2.37. The molecule has 1 unspecified atom stereocenters. The molecule has 10 nitrogen and oxygen atoms in total. The van der Waals surface area contributed by atoms with Gasteiger partial charge in [-0.1, -0.05) is 36.4 Å². The molecule has 51 heavy (non-hydrogen) atoms. The summed E-state index contributed by atoms with van der Waals surface area (Å²) in [7, 11) is 2.15. The van der Waals surface area contributed by atoms with E-state index in [1.54, 1.807) is 10.7 Å². The van der Waals surface area contributed by atoms with Crippen LogP contribution in [0.25, 0.3) is 16.9 Å². The van der Waals surface area contributed by atoms with Crippen molar-refractivity contribution >= 4 is 29.1 Å². The second-order valence-corrected chi connectivity index (χ2v) is 13.8. The minimum atomic E-state index is -0.583. The Morgan fingerprint density at radius 2 is 1.73 bits per heavy atom. The first-order valence-corrected chi connectivity index (χ1v) is 17.7. The molecule has 3 aliphatic rings. The second kappa shape index (κ2) is 13.8. The molecule has 8 rings (SSSR count). The molecule has 1 N–H and O–H groups in total. The summed E-state index contributed by atoms with van der Waals surface area (Å²) in [5.74, 6) is -0.202. The topological polar surface area (TPSA) is 99.0 Å². The molecular weight excluding hydrogens is 650 g/mol. The van der Waals surface area contributed by atoms with Crippen molar-refractivity contribution < 1.29 is 18.4 Å². The van der Waals surface area contributed by atoms with E-state index < -0.39 is 11.6 Å². The van der Waals surface area contributed by atoms with E-state index in [1.165, 1.54) is 12.1 Å². The Kier molecular flexibility index (Phi) is 8.93. The number of fused-ring (bicyclic) bond motifs is 1. The molecule has 3 aromatic heterocycles. The van der Waals surface area contributed by atoms with E-state index in [2.05, 4.69) is 38.2 Å². The number of pyridine rings is 1. The number of carbonyl (C=O) groups excluding carboxylic acids is 2. The number of halogens is 2. The number of hydrogen-bond donors (Lipinski definition) is 1. The van der Waals surface area contributed by atoms with Crippen LogP contribution in [0.5, 0.6) is 0 Å². The Morgan fingerprint density at radius 3 is 2.55 bits per heavy atom. The minimum Gasteiger partial charge on any atom is -0.356 e. The van der Waals surface area contributed by atoms with Crippen molar-refractivity contribution in [2.45, 2.75) is 63.1 Å². The van der Waals surface area contributed by atoms with E-state index in [4.69, 9.17) is 9.97 Å². The van der Waals surface area contributed by atoms with Crippen molar-refractivity contribution in [2.75, 3.05) is 36.5 Å². The number of anilines is 2. The van der Waals surface area contributed by atoms with Crippen LogP contribution < -0.4 is 15.1 Å². The van der Waals surface area contributed by atoms with Gasteiger partial charge in [0.2, 0.25) is 11.8 Å². The highest BCUT2D eigenvalue weighted by molar-refractivity contribution is 6.01. The molecule has 12 heteroatoms. The number of rotatable bonds is 8. The van der Waals surface area contributed by atoms with Gasteiger partial charge >= 0.3 is 0 Å². The van der Waals surface area contributed by atoms with Crippen molar-refractivity contribution in [3.05, 3.63) is 107 Å². The average molecular weight is 691 g/mol. The maximum absolute atomic E-state index is 14.8. The van der Waals surface area contributed by atoms with Gasteiger partial charge < -0.3 is 9.80 Å². The van der Waals surface area contributed by atoms with E-state index in [0.29, 0.717) is 30.1 Å². The fourth-order valence-corrected chi connectivity index (χ4v) is 8.03. The molecule has 5 aromatic rings. The molecule has 0 radical (unpaired) electrons. The van der Waals surface area contributed by atoms with Gasteiger partial charge in [0.1, 0.15) is 23.3 Å². The third-order valence-corrected chi connectivity index (χ3v) is 10.7. The summed E-state index contributed by atoms with van der Waals surface area (Å²) in [5.41, 5.74) is 4.86. The van der Waals surface area contributed by atoms with Gasteiger partial charge in [-0.2, -0.15) is 5.10 Å². The number of aromatic nitrogens is 4. The molecule has 0 saturated carbocycles. The van der Waals surface area contributed by atoms with Crippen molar-refractivity contribution in [2.24, 2.45) is 0 Å². The number of piperidine rings is 2. The largest absolute Gasteiger partial charge is 0.356 e. The van der Waals surface area contributed by atoms with Gasteiger partial charge in [-0.25, -0.2) is 23.3 Å². The molecular formula is C39H40F2N8O2. The molecule has 2 aromatic carbocycles. The van der Waals surface area contributed by atoms with E-state index >= 15 is 0 Å². The van der Waals surface area contributed by atoms with Crippen molar-refractivity contribution in [1.29, 1.82) is 0 Å². The van der Waals surface area contributed by atoms with Crippen LogP contribution in [0.4, 0.5) is 20.4 Å². The van der Waals surface area contributed by atoms with Crippen LogP contribution in [0.2, 0.25) is 0 Å². The maximum Gasteiger partial charge on any atom is 0.234 e. The molecule has 6 heterocycles. The summed E-state index contributed by atoms with van der Waals surface area (Å²) in [6.07, 6.45) is 8.13. The average Bonchev–Trinajstić information content (AvgIpc) is 3.80. The summed E-state index contributed by atoms with van der Waals surface area (Å²) in [4.78, 5) is 41.2. The normalized spacial score (nSPS) is 20.1. The Bertz CT molecular complexity index is 2090. The summed E-state index contributed by atoms with van der Waals surface area (Å²) in [5, 5.41) is 7.05. The van der Waals surface area contributed by atoms with Gasteiger partial charge in [0.05, 0.1) is 29.4 Å². The smallest absolute Gasteiger partial charge is 0.234 e. The van der Waals surface area contributed by atoms with Crippen LogP contribution in [0.15, 0.2) is 79.1 Å². The number of imide groups is 1. The molecule has 0 spiro atoms. The molecule has 3 aliphatic heterocycles. The molecule has 0 bridgehead atoms. The van der Waals surface area contributed by atoms with Crippen LogP contribution >= 0.6 is 0 Å². The van der Waals surface area contributed by atoms with E-state index in [9.17, 15) is 18.4 Å². The Balaban J connectivity index is 0.956. The van der Waals surface area contributed by atoms with Gasteiger partial charge in [-0.3, -0.25) is 19.8 Å². The fourth-order valence-electron chi connectivity index (χ4n) is 8.03. The Labute approximate surface area is 295 Å². The summed E-state index contributed by atoms with van der Waals surface area (Å²) < 4.78 is 30.2. The van der Waals surface area contributed by atoms with Crippen LogP contribution in [0.1, 0.15) is 67.2 Å². The predicted octanol–water partition coefficient (Wildman–Crippen LogP) is 6.03. The second-order valence-electron chi connectivity index (χ2n) is 13.8. The molecule has 0 aliphatic carbocycles. The van der Waals surface area contributed by atoms with Crippen molar-refractivity contribution in [3.63, 3.8) is 0 Å². The highest BCUT2D eigenvalue weighted by atomic mass is 19.1. The van der Waals surface area contributed by atoms with Crippen LogP contribution in [0, 0.1) is 11.6 Å². The number of nitrogens with zero attached hydrogens (tertiary/aromatic N) is 7.